The van der Waals surface area contributed by atoms with E-state index in [-0.39, 0.29) is 16.2 Å². The first-order chi connectivity index (χ1) is 7.70. The number of thiophene rings is 1. The van der Waals surface area contributed by atoms with Crippen molar-refractivity contribution in [3.05, 3.63) is 52.0 Å². The molecule has 0 aliphatic carbocycles. The number of ketones is 1. The molecule has 0 bridgehead atoms. The second-order valence-electron chi connectivity index (χ2n) is 3.04. The van der Waals surface area contributed by atoms with Crippen LogP contribution in [0.2, 0.25) is 0 Å². The molecule has 0 atom stereocenters. The van der Waals surface area contributed by atoms with Gasteiger partial charge in [-0.15, -0.1) is 11.3 Å². The van der Waals surface area contributed by atoms with Gasteiger partial charge in [0, 0.05) is 18.0 Å². The zero-order chi connectivity index (χ0) is 11.5. The Morgan fingerprint density at radius 3 is 2.75 bits per heavy atom. The lowest BCUT2D eigenvalue weighted by atomic mass is 10.1. The van der Waals surface area contributed by atoms with E-state index < -0.39 is 5.97 Å². The largest absolute Gasteiger partial charge is 0.478 e. The lowest BCUT2D eigenvalue weighted by Gasteiger charge is -1.98. The highest BCUT2D eigenvalue weighted by Gasteiger charge is 2.19. The molecule has 2 aromatic rings. The van der Waals surface area contributed by atoms with Crippen molar-refractivity contribution in [1.82, 2.24) is 4.98 Å². The minimum absolute atomic E-state index is 0.0406. The Balaban J connectivity index is 2.42. The first-order valence-corrected chi connectivity index (χ1v) is 5.33. The molecule has 5 heteroatoms. The smallest absolute Gasteiger partial charge is 0.337 e. The molecule has 0 aliphatic heterocycles. The van der Waals surface area contributed by atoms with Crippen LogP contribution >= 0.6 is 11.3 Å². The van der Waals surface area contributed by atoms with Crippen molar-refractivity contribution in [3.8, 4) is 0 Å². The van der Waals surface area contributed by atoms with Gasteiger partial charge in [-0.25, -0.2) is 4.79 Å². The summed E-state index contributed by atoms with van der Waals surface area (Å²) in [5, 5.41) is 10.5. The van der Waals surface area contributed by atoms with Crippen LogP contribution in [0.15, 0.2) is 36.0 Å². The topological polar surface area (TPSA) is 67.3 Å². The maximum atomic E-state index is 11.9. The molecule has 0 saturated carbocycles. The minimum atomic E-state index is -1.09. The molecule has 0 radical (unpaired) electrons. The first kappa shape index (κ1) is 10.5. The summed E-state index contributed by atoms with van der Waals surface area (Å²) in [7, 11) is 0. The summed E-state index contributed by atoms with van der Waals surface area (Å²) in [4.78, 5) is 26.9. The zero-order valence-electron chi connectivity index (χ0n) is 8.08. The third-order valence-corrected chi connectivity index (χ3v) is 2.94. The Kier molecular flexibility index (Phi) is 2.78. The SMILES string of the molecule is O=C(O)c1ccsc1C(=O)c1cccnc1. The summed E-state index contributed by atoms with van der Waals surface area (Å²) in [6.07, 6.45) is 2.98. The number of nitrogens with zero attached hydrogens (tertiary/aromatic N) is 1. The van der Waals surface area contributed by atoms with Crippen molar-refractivity contribution < 1.29 is 14.7 Å². The molecule has 0 fully saturated rings. The third kappa shape index (κ3) is 1.85. The fourth-order valence-electron chi connectivity index (χ4n) is 1.28. The van der Waals surface area contributed by atoms with Gasteiger partial charge in [0.05, 0.1) is 10.4 Å². The average Bonchev–Trinajstić information content (AvgIpc) is 2.78. The number of carbonyl (C=O) groups excluding carboxylic acids is 1. The normalized spacial score (nSPS) is 10.0. The fraction of sp³-hybridized carbons (Fsp3) is 0. The number of carboxylic acid groups (broad SMARTS) is 1. The zero-order valence-corrected chi connectivity index (χ0v) is 8.90. The average molecular weight is 233 g/mol. The van der Waals surface area contributed by atoms with Crippen LogP contribution in [0.3, 0.4) is 0 Å². The van der Waals surface area contributed by atoms with E-state index in [0.717, 1.165) is 11.3 Å². The van der Waals surface area contributed by atoms with Crippen LogP contribution in [0.25, 0.3) is 0 Å². The first-order valence-electron chi connectivity index (χ1n) is 4.45. The van der Waals surface area contributed by atoms with E-state index >= 15 is 0 Å². The highest BCUT2D eigenvalue weighted by molar-refractivity contribution is 7.12. The number of aromatic carboxylic acids is 1. The van der Waals surface area contributed by atoms with Gasteiger partial charge < -0.3 is 5.11 Å². The second-order valence-corrected chi connectivity index (χ2v) is 3.96. The number of aromatic nitrogens is 1. The Bertz CT molecular complexity index is 533. The number of pyridine rings is 1. The van der Waals surface area contributed by atoms with Crippen molar-refractivity contribution in [1.29, 1.82) is 0 Å². The minimum Gasteiger partial charge on any atom is -0.478 e. The highest BCUT2D eigenvalue weighted by atomic mass is 32.1. The van der Waals surface area contributed by atoms with Gasteiger partial charge in [0.25, 0.3) is 0 Å². The second kappa shape index (κ2) is 4.24. The molecule has 4 nitrogen and oxygen atoms in total. The third-order valence-electron chi connectivity index (χ3n) is 2.03. The molecule has 0 spiro atoms. The van der Waals surface area contributed by atoms with Crippen LogP contribution in [0.1, 0.15) is 25.6 Å². The maximum absolute atomic E-state index is 11.9. The number of hydrogen-bond donors (Lipinski definition) is 1. The van der Waals surface area contributed by atoms with Crippen LogP contribution in [0, 0.1) is 0 Å². The Hall–Kier alpha value is -2.01. The summed E-state index contributed by atoms with van der Waals surface area (Å²) >= 11 is 1.12. The van der Waals surface area contributed by atoms with Gasteiger partial charge in [-0.2, -0.15) is 0 Å². The maximum Gasteiger partial charge on any atom is 0.337 e. The van der Waals surface area contributed by atoms with Gasteiger partial charge in [-0.1, -0.05) is 0 Å². The van der Waals surface area contributed by atoms with Gasteiger partial charge in [0.1, 0.15) is 0 Å². The van der Waals surface area contributed by atoms with Crippen LogP contribution in [-0.2, 0) is 0 Å². The van der Waals surface area contributed by atoms with E-state index in [1.54, 1.807) is 23.7 Å². The van der Waals surface area contributed by atoms with Gasteiger partial charge in [-0.3, -0.25) is 9.78 Å². The van der Waals surface area contributed by atoms with Crippen molar-refractivity contribution in [2.45, 2.75) is 0 Å². The molecule has 1 N–H and O–H groups in total. The number of rotatable bonds is 3. The van der Waals surface area contributed by atoms with Crippen molar-refractivity contribution in [2.24, 2.45) is 0 Å². The van der Waals surface area contributed by atoms with Crippen LogP contribution < -0.4 is 0 Å². The van der Waals surface area contributed by atoms with E-state index in [1.165, 1.54) is 12.3 Å². The lowest BCUT2D eigenvalue weighted by molar-refractivity contribution is 0.0693. The standard InChI is InChI=1S/C11H7NO3S/c13-9(7-2-1-4-12-6-7)10-8(11(14)15)3-5-16-10/h1-6H,(H,14,15). The van der Waals surface area contributed by atoms with Crippen molar-refractivity contribution in [2.75, 3.05) is 0 Å². The predicted octanol–water partition coefficient (Wildman–Crippen LogP) is 2.07. The number of carbonyl (C=O) groups is 2. The van der Waals surface area contributed by atoms with E-state index in [4.69, 9.17) is 5.11 Å². The monoisotopic (exact) mass is 233 g/mol. The van der Waals surface area contributed by atoms with Gasteiger partial charge >= 0.3 is 5.97 Å². The van der Waals surface area contributed by atoms with Gasteiger partial charge in [-0.05, 0) is 23.6 Å². The molecule has 80 valence electrons. The molecule has 0 aromatic carbocycles. The van der Waals surface area contributed by atoms with E-state index in [2.05, 4.69) is 4.98 Å². The summed E-state index contributed by atoms with van der Waals surface area (Å²) < 4.78 is 0. The molecule has 0 amide bonds. The number of hydrogen-bond acceptors (Lipinski definition) is 4. The molecule has 2 rings (SSSR count). The summed E-state index contributed by atoms with van der Waals surface area (Å²) in [6, 6.07) is 4.68. The number of carboxylic acids is 1. The van der Waals surface area contributed by atoms with Crippen molar-refractivity contribution >= 4 is 23.1 Å². The van der Waals surface area contributed by atoms with E-state index in [9.17, 15) is 9.59 Å². The molecular formula is C11H7NO3S. The molecule has 0 aliphatic rings. The molecule has 2 heterocycles. The molecular weight excluding hydrogens is 226 g/mol. The quantitative estimate of drug-likeness (QED) is 0.824. The Labute approximate surface area is 95.2 Å². The highest BCUT2D eigenvalue weighted by Crippen LogP contribution is 2.20. The van der Waals surface area contributed by atoms with Crippen LogP contribution in [0.5, 0.6) is 0 Å². The van der Waals surface area contributed by atoms with Gasteiger partial charge in [0.2, 0.25) is 5.78 Å². The summed E-state index contributed by atoms with van der Waals surface area (Å²) in [6.45, 7) is 0. The lowest BCUT2D eigenvalue weighted by Crippen LogP contribution is -2.06. The fourth-order valence-corrected chi connectivity index (χ4v) is 2.13. The van der Waals surface area contributed by atoms with E-state index in [1.807, 2.05) is 0 Å². The predicted molar refractivity (Wildman–Crippen MR) is 58.9 cm³/mol. The molecule has 2 aromatic heterocycles. The summed E-state index contributed by atoms with van der Waals surface area (Å²) in [5.41, 5.74) is 0.436. The molecule has 0 unspecified atom stereocenters. The Morgan fingerprint density at radius 1 is 1.31 bits per heavy atom. The van der Waals surface area contributed by atoms with Crippen molar-refractivity contribution in [3.63, 3.8) is 0 Å². The van der Waals surface area contributed by atoms with Crippen LogP contribution in [-0.4, -0.2) is 21.8 Å². The van der Waals surface area contributed by atoms with E-state index in [0.29, 0.717) is 5.56 Å². The molecule has 16 heavy (non-hydrogen) atoms. The summed E-state index contributed by atoms with van der Waals surface area (Å²) in [5.74, 6) is -1.39. The molecule has 0 saturated heterocycles. The van der Waals surface area contributed by atoms with Crippen LogP contribution in [0.4, 0.5) is 0 Å². The van der Waals surface area contributed by atoms with Gasteiger partial charge in [0.15, 0.2) is 0 Å². The Morgan fingerprint density at radius 2 is 2.12 bits per heavy atom.